The van der Waals surface area contributed by atoms with Crippen LogP contribution in [-0.2, 0) is 13.0 Å². The Labute approximate surface area is 110 Å². The fraction of sp³-hybridized carbons (Fsp3) is 0.600. The van der Waals surface area contributed by atoms with Crippen LogP contribution in [0.2, 0.25) is 0 Å². The zero-order valence-electron chi connectivity index (χ0n) is 11.2. The summed E-state index contributed by atoms with van der Waals surface area (Å²) in [7, 11) is 2.21. The van der Waals surface area contributed by atoms with Crippen LogP contribution in [0.25, 0.3) is 0 Å². The molecule has 0 spiro atoms. The number of hydrogen-bond donors (Lipinski definition) is 2. The number of fused-ring (bicyclic) bond motifs is 1. The van der Waals surface area contributed by atoms with Crippen LogP contribution in [0.5, 0.6) is 0 Å². The van der Waals surface area contributed by atoms with Gasteiger partial charge in [-0.05, 0) is 63.1 Å². The molecule has 3 heteroatoms. The monoisotopic (exact) mass is 245 g/mol. The van der Waals surface area contributed by atoms with Crippen molar-refractivity contribution >= 4 is 5.69 Å². The molecule has 0 aliphatic carbocycles. The third-order valence-corrected chi connectivity index (χ3v) is 4.22. The van der Waals surface area contributed by atoms with E-state index in [0.717, 1.165) is 19.5 Å². The van der Waals surface area contributed by atoms with Crippen molar-refractivity contribution in [3.63, 3.8) is 0 Å². The minimum absolute atomic E-state index is 0.648. The third kappa shape index (κ3) is 2.52. The molecule has 0 bridgehead atoms. The normalized spacial score (nSPS) is 21.6. The highest BCUT2D eigenvalue weighted by Crippen LogP contribution is 2.25. The maximum atomic E-state index is 3.76. The smallest absolute Gasteiger partial charge is 0.0390 e. The van der Waals surface area contributed by atoms with Crippen molar-refractivity contribution in [3.8, 4) is 0 Å². The summed E-state index contributed by atoms with van der Waals surface area (Å²) in [6.45, 7) is 4.56. The van der Waals surface area contributed by atoms with Crippen molar-refractivity contribution < 1.29 is 0 Å². The maximum Gasteiger partial charge on any atom is 0.0390 e. The van der Waals surface area contributed by atoms with Crippen molar-refractivity contribution in [2.75, 3.05) is 32.0 Å². The first-order valence-electron chi connectivity index (χ1n) is 7.09. The average molecular weight is 245 g/mol. The van der Waals surface area contributed by atoms with E-state index in [9.17, 15) is 0 Å². The molecule has 2 aliphatic heterocycles. The van der Waals surface area contributed by atoms with Gasteiger partial charge in [-0.3, -0.25) is 0 Å². The molecule has 0 radical (unpaired) electrons. The number of nitrogens with one attached hydrogen (secondary N) is 2. The van der Waals surface area contributed by atoms with Gasteiger partial charge in [0.15, 0.2) is 0 Å². The fourth-order valence-electron chi connectivity index (χ4n) is 3.02. The van der Waals surface area contributed by atoms with E-state index in [1.165, 1.54) is 42.7 Å². The fourth-order valence-corrected chi connectivity index (χ4v) is 3.02. The summed E-state index contributed by atoms with van der Waals surface area (Å²) in [4.78, 5) is 2.42. The first-order valence-corrected chi connectivity index (χ1v) is 7.09. The van der Waals surface area contributed by atoms with E-state index in [2.05, 4.69) is 40.8 Å². The van der Waals surface area contributed by atoms with Gasteiger partial charge in [0.05, 0.1) is 0 Å². The lowest BCUT2D eigenvalue weighted by Crippen LogP contribution is -2.37. The molecule has 3 nitrogen and oxygen atoms in total. The predicted octanol–water partition coefficient (Wildman–Crippen LogP) is 1.84. The van der Waals surface area contributed by atoms with Crippen LogP contribution in [0.4, 0.5) is 5.69 Å². The molecule has 2 heterocycles. The van der Waals surface area contributed by atoms with Crippen molar-refractivity contribution in [3.05, 3.63) is 29.3 Å². The summed E-state index contributed by atoms with van der Waals surface area (Å²) in [6, 6.07) is 7.36. The van der Waals surface area contributed by atoms with Crippen LogP contribution in [0, 0.1) is 0 Å². The Bertz CT molecular complexity index is 408. The van der Waals surface area contributed by atoms with Gasteiger partial charge in [0.2, 0.25) is 0 Å². The van der Waals surface area contributed by atoms with Crippen molar-refractivity contribution in [1.29, 1.82) is 0 Å². The van der Waals surface area contributed by atoms with Crippen molar-refractivity contribution in [1.82, 2.24) is 10.2 Å². The highest BCUT2D eigenvalue weighted by molar-refractivity contribution is 5.56. The van der Waals surface area contributed by atoms with Crippen LogP contribution in [0.3, 0.4) is 0 Å². The molecule has 98 valence electrons. The van der Waals surface area contributed by atoms with Gasteiger partial charge in [0.1, 0.15) is 0 Å². The Kier molecular flexibility index (Phi) is 3.52. The molecule has 0 unspecified atom stereocenters. The number of rotatable bonds is 2. The lowest BCUT2D eigenvalue weighted by molar-refractivity contribution is 0.264. The molecular weight excluding hydrogens is 222 g/mol. The van der Waals surface area contributed by atoms with Gasteiger partial charge in [-0.2, -0.15) is 0 Å². The number of nitrogens with zero attached hydrogens (tertiary/aromatic N) is 1. The van der Waals surface area contributed by atoms with Crippen LogP contribution in [-0.4, -0.2) is 37.6 Å². The molecule has 0 aromatic heterocycles. The summed E-state index contributed by atoms with van der Waals surface area (Å²) in [5, 5.41) is 7.24. The highest BCUT2D eigenvalue weighted by atomic mass is 15.1. The predicted molar refractivity (Wildman–Crippen MR) is 76.0 cm³/mol. The number of benzene rings is 1. The number of likely N-dealkylation sites (tertiary alicyclic amines) is 1. The molecule has 0 saturated carbocycles. The SMILES string of the molecule is CN1CCC(Nc2cccc3c2CNCC3)CC1. The molecule has 2 N–H and O–H groups in total. The molecule has 1 saturated heterocycles. The number of anilines is 1. The second kappa shape index (κ2) is 5.29. The maximum absolute atomic E-state index is 3.76. The number of hydrogen-bond acceptors (Lipinski definition) is 3. The van der Waals surface area contributed by atoms with Gasteiger partial charge in [-0.25, -0.2) is 0 Å². The quantitative estimate of drug-likeness (QED) is 0.832. The van der Waals surface area contributed by atoms with Gasteiger partial charge in [-0.1, -0.05) is 12.1 Å². The highest BCUT2D eigenvalue weighted by Gasteiger charge is 2.19. The Hall–Kier alpha value is -1.06. The van der Waals surface area contributed by atoms with Crippen LogP contribution >= 0.6 is 0 Å². The molecule has 0 amide bonds. The van der Waals surface area contributed by atoms with E-state index in [4.69, 9.17) is 0 Å². The third-order valence-electron chi connectivity index (χ3n) is 4.22. The van der Waals surface area contributed by atoms with E-state index in [1.54, 1.807) is 0 Å². The topological polar surface area (TPSA) is 27.3 Å². The van der Waals surface area contributed by atoms with Crippen molar-refractivity contribution in [2.24, 2.45) is 0 Å². The van der Waals surface area contributed by atoms with E-state index >= 15 is 0 Å². The second-order valence-electron chi connectivity index (χ2n) is 5.59. The Balaban J connectivity index is 1.72. The summed E-state index contributed by atoms with van der Waals surface area (Å²) in [6.07, 6.45) is 3.68. The zero-order chi connectivity index (χ0) is 12.4. The van der Waals surface area contributed by atoms with E-state index in [-0.39, 0.29) is 0 Å². The second-order valence-corrected chi connectivity index (χ2v) is 5.59. The molecule has 2 aliphatic rings. The largest absolute Gasteiger partial charge is 0.382 e. The molecular formula is C15H23N3. The molecule has 1 aromatic carbocycles. The first kappa shape index (κ1) is 12.0. The summed E-state index contributed by atoms with van der Waals surface area (Å²) >= 11 is 0. The molecule has 1 aromatic rings. The van der Waals surface area contributed by atoms with Gasteiger partial charge in [-0.15, -0.1) is 0 Å². The van der Waals surface area contributed by atoms with Gasteiger partial charge >= 0.3 is 0 Å². The molecule has 18 heavy (non-hydrogen) atoms. The minimum Gasteiger partial charge on any atom is -0.382 e. The zero-order valence-corrected chi connectivity index (χ0v) is 11.2. The number of piperidine rings is 1. The van der Waals surface area contributed by atoms with Gasteiger partial charge < -0.3 is 15.5 Å². The standard InChI is InChI=1S/C15H23N3/c1-18-9-6-13(7-10-18)17-15-4-2-3-12-5-8-16-11-14(12)15/h2-4,13,16-17H,5-11H2,1H3. The van der Waals surface area contributed by atoms with Crippen LogP contribution in [0.1, 0.15) is 24.0 Å². The minimum atomic E-state index is 0.648. The van der Waals surface area contributed by atoms with Gasteiger partial charge in [0.25, 0.3) is 0 Å². The summed E-state index contributed by atoms with van der Waals surface area (Å²) in [5.41, 5.74) is 4.36. The van der Waals surface area contributed by atoms with Crippen molar-refractivity contribution in [2.45, 2.75) is 31.8 Å². The van der Waals surface area contributed by atoms with E-state index < -0.39 is 0 Å². The van der Waals surface area contributed by atoms with Crippen LogP contribution in [0.15, 0.2) is 18.2 Å². The Morgan fingerprint density at radius 2 is 2.11 bits per heavy atom. The Morgan fingerprint density at radius 1 is 1.28 bits per heavy atom. The lowest BCUT2D eigenvalue weighted by Gasteiger charge is -2.31. The molecule has 3 rings (SSSR count). The molecule has 1 fully saturated rings. The average Bonchev–Trinajstić information content (AvgIpc) is 2.42. The Morgan fingerprint density at radius 3 is 2.94 bits per heavy atom. The first-order chi connectivity index (χ1) is 8.83. The summed E-state index contributed by atoms with van der Waals surface area (Å²) < 4.78 is 0. The lowest BCUT2D eigenvalue weighted by atomic mass is 9.98. The van der Waals surface area contributed by atoms with E-state index in [0.29, 0.717) is 6.04 Å². The van der Waals surface area contributed by atoms with E-state index in [1.807, 2.05) is 0 Å². The summed E-state index contributed by atoms with van der Waals surface area (Å²) in [5.74, 6) is 0. The molecule has 0 atom stereocenters. The van der Waals surface area contributed by atoms with Gasteiger partial charge in [0, 0.05) is 18.3 Å². The van der Waals surface area contributed by atoms with Crippen LogP contribution < -0.4 is 10.6 Å².